The van der Waals surface area contributed by atoms with Crippen LogP contribution in [0.2, 0.25) is 0 Å². The van der Waals surface area contributed by atoms with Crippen LogP contribution in [0.4, 0.5) is 0 Å². The smallest absolute Gasteiger partial charge is 0.280 e. The van der Waals surface area contributed by atoms with Gasteiger partial charge in [-0.25, -0.2) is 15.3 Å². The van der Waals surface area contributed by atoms with Crippen molar-refractivity contribution in [1.29, 1.82) is 0 Å². The Morgan fingerprint density at radius 3 is 2.83 bits per heavy atom. The van der Waals surface area contributed by atoms with Crippen LogP contribution in [0.15, 0.2) is 47.1 Å². The summed E-state index contributed by atoms with van der Waals surface area (Å²) in [5.74, 6) is 0.373. The molecule has 0 saturated carbocycles. The number of nitrogens with zero attached hydrogens (tertiary/aromatic N) is 1. The molecule has 0 bridgehead atoms. The second-order valence-corrected chi connectivity index (χ2v) is 6.17. The third kappa shape index (κ3) is 4.53. The van der Waals surface area contributed by atoms with E-state index in [4.69, 9.17) is 14.3 Å². The van der Waals surface area contributed by atoms with E-state index in [1.165, 1.54) is 0 Å². The van der Waals surface area contributed by atoms with E-state index in [0.29, 0.717) is 12.4 Å². The van der Waals surface area contributed by atoms with Crippen molar-refractivity contribution in [3.63, 3.8) is 0 Å². The number of nitrogens with one attached hydrogen (secondary N) is 1. The Morgan fingerprint density at radius 1 is 1.25 bits per heavy atom. The Balaban J connectivity index is 1.66. The van der Waals surface area contributed by atoms with Crippen molar-refractivity contribution in [2.45, 2.75) is 25.6 Å². The lowest BCUT2D eigenvalue weighted by Gasteiger charge is -2.22. The number of hydrogen-bond acceptors (Lipinski definition) is 5. The topological polar surface area (TPSA) is 69.7 Å². The van der Waals surface area contributed by atoms with Crippen molar-refractivity contribution < 1.29 is 19.1 Å². The summed E-state index contributed by atoms with van der Waals surface area (Å²) in [6, 6.07) is 10.6. The first kappa shape index (κ1) is 16.9. The monoisotopic (exact) mass is 392 g/mol. The van der Waals surface area contributed by atoms with E-state index in [9.17, 15) is 4.79 Å². The fraction of sp³-hybridized carbons (Fsp3) is 0.294. The lowest BCUT2D eigenvalue weighted by molar-refractivity contribution is -0.186. The molecule has 1 aromatic heterocycles. The van der Waals surface area contributed by atoms with E-state index >= 15 is 0 Å². The molecule has 7 heteroatoms. The molecule has 1 saturated heterocycles. The predicted octanol–water partition coefficient (Wildman–Crippen LogP) is 3.82. The van der Waals surface area contributed by atoms with E-state index < -0.39 is 12.2 Å². The fourth-order valence-corrected chi connectivity index (χ4v) is 2.50. The highest BCUT2D eigenvalue weighted by molar-refractivity contribution is 9.10. The van der Waals surface area contributed by atoms with Gasteiger partial charge in [-0.15, -0.1) is 0 Å². The fourth-order valence-electron chi connectivity index (χ4n) is 2.24. The van der Waals surface area contributed by atoms with Gasteiger partial charge in [0.15, 0.2) is 6.29 Å². The summed E-state index contributed by atoms with van der Waals surface area (Å²) in [5.41, 5.74) is 2.70. The first-order valence-electron chi connectivity index (χ1n) is 7.68. The van der Waals surface area contributed by atoms with E-state index in [1.807, 2.05) is 12.1 Å². The van der Waals surface area contributed by atoms with Crippen molar-refractivity contribution in [3.05, 3.63) is 52.6 Å². The Kier molecular flexibility index (Phi) is 5.79. The molecule has 1 unspecified atom stereocenters. The number of carbonyl (C=O) groups excluding carboxylic acids is 1. The first-order chi connectivity index (χ1) is 11.7. The number of amides is 1. The molecule has 24 heavy (non-hydrogen) atoms. The summed E-state index contributed by atoms with van der Waals surface area (Å²) in [7, 11) is 0. The molecule has 1 atom stereocenters. The van der Waals surface area contributed by atoms with Crippen LogP contribution in [0, 0.1) is 0 Å². The molecule has 1 fully saturated rings. The summed E-state index contributed by atoms with van der Waals surface area (Å²) < 4.78 is 12.1. The molecule has 0 aliphatic carbocycles. The summed E-state index contributed by atoms with van der Waals surface area (Å²) in [5, 5.41) is 0. The van der Waals surface area contributed by atoms with Crippen molar-refractivity contribution in [1.82, 2.24) is 10.5 Å². The number of aromatic nitrogens is 1. The molecule has 1 N–H and O–H groups in total. The van der Waals surface area contributed by atoms with Gasteiger partial charge in [-0.05, 0) is 49.2 Å². The van der Waals surface area contributed by atoms with Crippen LogP contribution < -0.4 is 10.2 Å². The molecule has 1 aromatic carbocycles. The highest BCUT2D eigenvalue weighted by atomic mass is 79.9. The van der Waals surface area contributed by atoms with Crippen LogP contribution in [0.1, 0.15) is 29.6 Å². The molecule has 0 radical (unpaired) electrons. The SMILES string of the molecule is O=C(NOC1CCCCO1)c1cccnc1Oc1ccc(Br)cc1. The lowest BCUT2D eigenvalue weighted by Crippen LogP contribution is -2.33. The van der Waals surface area contributed by atoms with Gasteiger partial charge in [0.25, 0.3) is 5.91 Å². The van der Waals surface area contributed by atoms with Crippen molar-refractivity contribution in [2.75, 3.05) is 6.61 Å². The van der Waals surface area contributed by atoms with Gasteiger partial charge in [-0.1, -0.05) is 15.9 Å². The van der Waals surface area contributed by atoms with Gasteiger partial charge in [-0.2, -0.15) is 0 Å². The van der Waals surface area contributed by atoms with E-state index in [-0.39, 0.29) is 11.4 Å². The summed E-state index contributed by atoms with van der Waals surface area (Å²) in [6.45, 7) is 0.644. The zero-order valence-electron chi connectivity index (χ0n) is 12.9. The molecule has 1 amide bonds. The minimum absolute atomic E-state index is 0.213. The number of hydrogen-bond donors (Lipinski definition) is 1. The maximum atomic E-state index is 12.3. The number of benzene rings is 1. The van der Waals surface area contributed by atoms with Crippen LogP contribution >= 0.6 is 15.9 Å². The Labute approximate surface area is 148 Å². The highest BCUT2D eigenvalue weighted by Gasteiger charge is 2.19. The van der Waals surface area contributed by atoms with E-state index in [1.54, 1.807) is 30.5 Å². The zero-order chi connectivity index (χ0) is 16.8. The average Bonchev–Trinajstić information content (AvgIpc) is 2.63. The highest BCUT2D eigenvalue weighted by Crippen LogP contribution is 2.24. The largest absolute Gasteiger partial charge is 0.438 e. The van der Waals surface area contributed by atoms with E-state index in [2.05, 4.69) is 26.4 Å². The minimum Gasteiger partial charge on any atom is -0.438 e. The first-order valence-corrected chi connectivity index (χ1v) is 8.48. The summed E-state index contributed by atoms with van der Waals surface area (Å²) in [4.78, 5) is 21.8. The summed E-state index contributed by atoms with van der Waals surface area (Å²) >= 11 is 3.36. The number of pyridine rings is 1. The van der Waals surface area contributed by atoms with E-state index in [0.717, 1.165) is 23.7 Å². The van der Waals surface area contributed by atoms with Gasteiger partial charge < -0.3 is 9.47 Å². The predicted molar refractivity (Wildman–Crippen MR) is 90.6 cm³/mol. The van der Waals surface area contributed by atoms with Crippen LogP contribution in [0.5, 0.6) is 11.6 Å². The molecule has 2 aromatic rings. The minimum atomic E-state index is -0.426. The van der Waals surface area contributed by atoms with Crippen LogP contribution in [-0.4, -0.2) is 23.8 Å². The molecule has 1 aliphatic rings. The second-order valence-electron chi connectivity index (χ2n) is 5.26. The van der Waals surface area contributed by atoms with Gasteiger partial charge in [0, 0.05) is 23.7 Å². The maximum absolute atomic E-state index is 12.3. The molecule has 2 heterocycles. The van der Waals surface area contributed by atoms with Crippen molar-refractivity contribution in [3.8, 4) is 11.6 Å². The Morgan fingerprint density at radius 2 is 2.08 bits per heavy atom. The van der Waals surface area contributed by atoms with Gasteiger partial charge in [0.2, 0.25) is 5.88 Å². The second kappa shape index (κ2) is 8.23. The number of hydroxylamine groups is 1. The van der Waals surface area contributed by atoms with Crippen LogP contribution in [-0.2, 0) is 9.57 Å². The number of rotatable bonds is 5. The number of ether oxygens (including phenoxy) is 2. The quantitative estimate of drug-likeness (QED) is 0.783. The third-order valence-electron chi connectivity index (χ3n) is 3.46. The number of carbonyl (C=O) groups is 1. The van der Waals surface area contributed by atoms with Crippen LogP contribution in [0.25, 0.3) is 0 Å². The van der Waals surface area contributed by atoms with Gasteiger partial charge in [-0.3, -0.25) is 4.79 Å². The third-order valence-corrected chi connectivity index (χ3v) is 3.99. The zero-order valence-corrected chi connectivity index (χ0v) is 14.5. The molecule has 126 valence electrons. The van der Waals surface area contributed by atoms with Gasteiger partial charge >= 0.3 is 0 Å². The Bertz CT molecular complexity index is 687. The summed E-state index contributed by atoms with van der Waals surface area (Å²) in [6.07, 6.45) is 3.95. The molecule has 6 nitrogen and oxygen atoms in total. The molecule has 3 rings (SSSR count). The van der Waals surface area contributed by atoms with Gasteiger partial charge in [0.05, 0.1) is 0 Å². The molecule has 0 spiro atoms. The average molecular weight is 393 g/mol. The molecular formula is C17H17BrN2O4. The van der Waals surface area contributed by atoms with Crippen molar-refractivity contribution >= 4 is 21.8 Å². The normalized spacial score (nSPS) is 17.3. The van der Waals surface area contributed by atoms with Crippen molar-refractivity contribution in [2.24, 2.45) is 0 Å². The number of halogens is 1. The standard InChI is InChI=1S/C17H17BrN2O4/c18-12-6-8-13(9-7-12)23-17-14(4-3-10-19-17)16(21)20-24-15-5-1-2-11-22-15/h3-4,6-10,15H,1-2,5,11H2,(H,20,21). The van der Waals surface area contributed by atoms with Crippen LogP contribution in [0.3, 0.4) is 0 Å². The Hall–Kier alpha value is -1.96. The maximum Gasteiger partial charge on any atom is 0.280 e. The molecule has 1 aliphatic heterocycles. The molecular weight excluding hydrogens is 376 g/mol. The van der Waals surface area contributed by atoms with Gasteiger partial charge in [0.1, 0.15) is 11.3 Å². The lowest BCUT2D eigenvalue weighted by atomic mass is 10.2.